The number of guanidine groups is 1. The highest BCUT2D eigenvalue weighted by Gasteiger charge is 2.21. The minimum atomic E-state index is 0.524. The molecule has 1 atom stereocenters. The molecule has 0 aromatic rings. The minimum absolute atomic E-state index is 0.524. The van der Waals surface area contributed by atoms with Crippen LogP contribution in [0, 0.1) is 0 Å². The summed E-state index contributed by atoms with van der Waals surface area (Å²) in [6.45, 7) is 16.8. The van der Waals surface area contributed by atoms with Crippen molar-refractivity contribution in [1.82, 2.24) is 20.4 Å². The summed E-state index contributed by atoms with van der Waals surface area (Å²) in [4.78, 5) is 9.39. The van der Waals surface area contributed by atoms with Gasteiger partial charge >= 0.3 is 0 Å². The maximum atomic E-state index is 4.38. The highest BCUT2D eigenvalue weighted by Crippen LogP contribution is 2.12. The van der Waals surface area contributed by atoms with Crippen LogP contribution in [0.4, 0.5) is 0 Å². The second kappa shape index (κ2) is 10.1. The lowest BCUT2D eigenvalue weighted by molar-refractivity contribution is 0.167. The van der Waals surface area contributed by atoms with Gasteiger partial charge in [0.25, 0.3) is 0 Å². The Morgan fingerprint density at radius 3 is 2.23 bits per heavy atom. The Bertz CT molecular complexity index is 317. The first-order valence-electron chi connectivity index (χ1n) is 8.97. The number of likely N-dealkylation sites (N-methyl/N-ethyl adjacent to an activating group) is 1. The maximum Gasteiger partial charge on any atom is 0.191 e. The molecule has 1 unspecified atom stereocenters. The number of likely N-dealkylation sites (tertiary alicyclic amines) is 1. The zero-order chi connectivity index (χ0) is 16.5. The highest BCUT2D eigenvalue weighted by atomic mass is 15.2. The van der Waals surface area contributed by atoms with E-state index in [0.29, 0.717) is 18.1 Å². The van der Waals surface area contributed by atoms with Gasteiger partial charge in [-0.1, -0.05) is 13.8 Å². The van der Waals surface area contributed by atoms with Crippen molar-refractivity contribution in [3.8, 4) is 0 Å². The lowest BCUT2D eigenvalue weighted by Gasteiger charge is -2.35. The van der Waals surface area contributed by atoms with Crippen molar-refractivity contribution in [2.75, 3.05) is 39.8 Å². The minimum Gasteiger partial charge on any atom is -0.355 e. The molecule has 0 aliphatic carbocycles. The molecule has 0 amide bonds. The molecule has 1 aliphatic rings. The van der Waals surface area contributed by atoms with Crippen molar-refractivity contribution in [1.29, 1.82) is 0 Å². The van der Waals surface area contributed by atoms with Crippen LogP contribution in [0.25, 0.3) is 0 Å². The van der Waals surface area contributed by atoms with Crippen LogP contribution in [0.5, 0.6) is 0 Å². The molecule has 1 rings (SSSR count). The fraction of sp³-hybridized carbons (Fsp3) is 0.941. The largest absolute Gasteiger partial charge is 0.355 e. The lowest BCUT2D eigenvalue weighted by atomic mass is 10.0. The SMILES string of the molecule is CCN(CC)C(C)CNC(=NC)NC1CCN(C(C)C)CC1. The second-order valence-corrected chi connectivity index (χ2v) is 6.57. The Labute approximate surface area is 137 Å². The summed E-state index contributed by atoms with van der Waals surface area (Å²) < 4.78 is 0. The predicted octanol–water partition coefficient (Wildman–Crippen LogP) is 1.75. The maximum absolute atomic E-state index is 4.38. The van der Waals surface area contributed by atoms with Gasteiger partial charge in [-0.25, -0.2) is 0 Å². The second-order valence-electron chi connectivity index (χ2n) is 6.57. The molecule has 1 saturated heterocycles. The third kappa shape index (κ3) is 6.13. The molecule has 130 valence electrons. The van der Waals surface area contributed by atoms with Crippen molar-refractivity contribution in [2.24, 2.45) is 4.99 Å². The standard InChI is InChI=1S/C17H37N5/c1-7-21(8-2)15(5)13-19-17(18-6)20-16-9-11-22(12-10-16)14(3)4/h14-16H,7-13H2,1-6H3,(H2,18,19,20). The fourth-order valence-corrected chi connectivity index (χ4v) is 3.17. The Kier molecular flexibility index (Phi) is 8.79. The normalized spacial score (nSPS) is 19.7. The van der Waals surface area contributed by atoms with Gasteiger partial charge in [0, 0.05) is 44.8 Å². The van der Waals surface area contributed by atoms with Gasteiger partial charge in [0.1, 0.15) is 0 Å². The van der Waals surface area contributed by atoms with E-state index in [4.69, 9.17) is 0 Å². The summed E-state index contributed by atoms with van der Waals surface area (Å²) in [6.07, 6.45) is 2.40. The zero-order valence-electron chi connectivity index (χ0n) is 15.5. The molecule has 0 aromatic heterocycles. The first-order chi connectivity index (χ1) is 10.5. The number of hydrogen-bond acceptors (Lipinski definition) is 3. The van der Waals surface area contributed by atoms with Crippen molar-refractivity contribution < 1.29 is 0 Å². The number of piperidine rings is 1. The predicted molar refractivity (Wildman–Crippen MR) is 96.6 cm³/mol. The first kappa shape index (κ1) is 19.2. The molecule has 1 fully saturated rings. The Morgan fingerprint density at radius 1 is 1.18 bits per heavy atom. The lowest BCUT2D eigenvalue weighted by Crippen LogP contribution is -2.51. The Balaban J connectivity index is 2.34. The van der Waals surface area contributed by atoms with Crippen molar-refractivity contribution in [3.05, 3.63) is 0 Å². The van der Waals surface area contributed by atoms with E-state index in [1.807, 2.05) is 7.05 Å². The van der Waals surface area contributed by atoms with Gasteiger partial charge in [-0.2, -0.15) is 0 Å². The number of nitrogens with zero attached hydrogens (tertiary/aromatic N) is 3. The van der Waals surface area contributed by atoms with E-state index in [-0.39, 0.29) is 0 Å². The molecule has 1 heterocycles. The molecule has 2 N–H and O–H groups in total. The summed E-state index contributed by atoms with van der Waals surface area (Å²) in [5.74, 6) is 0.946. The Morgan fingerprint density at radius 2 is 1.77 bits per heavy atom. The molecule has 0 spiro atoms. The molecule has 5 heteroatoms. The van der Waals surface area contributed by atoms with E-state index in [0.717, 1.165) is 25.6 Å². The van der Waals surface area contributed by atoms with Crippen LogP contribution in [-0.4, -0.2) is 73.7 Å². The van der Waals surface area contributed by atoms with Crippen molar-refractivity contribution in [3.63, 3.8) is 0 Å². The fourth-order valence-electron chi connectivity index (χ4n) is 3.17. The van der Waals surface area contributed by atoms with Gasteiger partial charge in [-0.15, -0.1) is 0 Å². The highest BCUT2D eigenvalue weighted by molar-refractivity contribution is 5.80. The van der Waals surface area contributed by atoms with Gasteiger partial charge in [-0.3, -0.25) is 9.89 Å². The average molecular weight is 312 g/mol. The molecule has 0 aromatic carbocycles. The number of aliphatic imine (C=N–C) groups is 1. The molecule has 0 saturated carbocycles. The molecule has 0 radical (unpaired) electrons. The molecular weight excluding hydrogens is 274 g/mol. The summed E-state index contributed by atoms with van der Waals surface area (Å²) in [5, 5.41) is 7.07. The number of rotatable bonds is 7. The van der Waals surface area contributed by atoms with E-state index < -0.39 is 0 Å². The van der Waals surface area contributed by atoms with Crippen LogP contribution in [-0.2, 0) is 0 Å². The summed E-state index contributed by atoms with van der Waals surface area (Å²) in [7, 11) is 1.86. The van der Waals surface area contributed by atoms with Gasteiger partial charge in [0.15, 0.2) is 5.96 Å². The van der Waals surface area contributed by atoms with E-state index >= 15 is 0 Å². The van der Waals surface area contributed by atoms with Crippen LogP contribution in [0.2, 0.25) is 0 Å². The van der Waals surface area contributed by atoms with Crippen LogP contribution in [0.15, 0.2) is 4.99 Å². The van der Waals surface area contributed by atoms with Gasteiger partial charge in [-0.05, 0) is 46.7 Å². The molecule has 22 heavy (non-hydrogen) atoms. The Hall–Kier alpha value is -0.810. The molecule has 1 aliphatic heterocycles. The van der Waals surface area contributed by atoms with Gasteiger partial charge in [0.2, 0.25) is 0 Å². The van der Waals surface area contributed by atoms with E-state index in [1.165, 1.54) is 25.9 Å². The van der Waals surface area contributed by atoms with Crippen LogP contribution >= 0.6 is 0 Å². The average Bonchev–Trinajstić information content (AvgIpc) is 2.53. The molecule has 0 bridgehead atoms. The quantitative estimate of drug-likeness (QED) is 0.555. The van der Waals surface area contributed by atoms with Crippen LogP contribution in [0.1, 0.15) is 47.5 Å². The van der Waals surface area contributed by atoms with E-state index in [9.17, 15) is 0 Å². The van der Waals surface area contributed by atoms with Gasteiger partial charge < -0.3 is 15.5 Å². The van der Waals surface area contributed by atoms with Crippen molar-refractivity contribution in [2.45, 2.75) is 65.6 Å². The zero-order valence-corrected chi connectivity index (χ0v) is 15.5. The third-order valence-electron chi connectivity index (χ3n) is 4.82. The van der Waals surface area contributed by atoms with Crippen LogP contribution < -0.4 is 10.6 Å². The van der Waals surface area contributed by atoms with E-state index in [1.54, 1.807) is 0 Å². The first-order valence-corrected chi connectivity index (χ1v) is 8.97. The molecule has 5 nitrogen and oxygen atoms in total. The van der Waals surface area contributed by atoms with Gasteiger partial charge in [0.05, 0.1) is 0 Å². The number of hydrogen-bond donors (Lipinski definition) is 2. The summed E-state index contributed by atoms with van der Waals surface area (Å²) in [6, 6.07) is 1.73. The molecular formula is C17H37N5. The monoisotopic (exact) mass is 311 g/mol. The smallest absolute Gasteiger partial charge is 0.191 e. The third-order valence-corrected chi connectivity index (χ3v) is 4.82. The summed E-state index contributed by atoms with van der Waals surface area (Å²) >= 11 is 0. The van der Waals surface area contributed by atoms with E-state index in [2.05, 4.69) is 60.0 Å². The topological polar surface area (TPSA) is 42.9 Å². The summed E-state index contributed by atoms with van der Waals surface area (Å²) in [5.41, 5.74) is 0. The number of nitrogens with one attached hydrogen (secondary N) is 2. The van der Waals surface area contributed by atoms with Crippen LogP contribution in [0.3, 0.4) is 0 Å². The van der Waals surface area contributed by atoms with Crippen molar-refractivity contribution >= 4 is 5.96 Å².